The zero-order valence-electron chi connectivity index (χ0n) is 11.6. The minimum atomic E-state index is -0.202. The van der Waals surface area contributed by atoms with E-state index >= 15 is 0 Å². The van der Waals surface area contributed by atoms with E-state index in [0.717, 1.165) is 17.4 Å². The van der Waals surface area contributed by atoms with Gasteiger partial charge in [-0.2, -0.15) is 0 Å². The lowest BCUT2D eigenvalue weighted by Gasteiger charge is -2.22. The quantitative estimate of drug-likeness (QED) is 0.771. The van der Waals surface area contributed by atoms with Crippen LogP contribution in [0.15, 0.2) is 6.07 Å². The lowest BCUT2D eigenvalue weighted by Crippen LogP contribution is -2.13. The first-order chi connectivity index (χ1) is 9.79. The van der Waals surface area contributed by atoms with Gasteiger partial charge in [0, 0.05) is 17.2 Å². The molecular weight excluding hydrogens is 250 g/mol. The molecule has 3 atom stereocenters. The Kier molecular flexibility index (Phi) is 2.17. The summed E-state index contributed by atoms with van der Waals surface area (Å²) < 4.78 is 5.22. The van der Waals surface area contributed by atoms with Crippen molar-refractivity contribution in [3.05, 3.63) is 28.6 Å². The maximum absolute atomic E-state index is 11.9. The molecule has 2 bridgehead atoms. The van der Waals surface area contributed by atoms with Crippen LogP contribution in [0.3, 0.4) is 0 Å². The molecule has 20 heavy (non-hydrogen) atoms. The predicted molar refractivity (Wildman–Crippen MR) is 73.5 cm³/mol. The first-order valence-corrected chi connectivity index (χ1v) is 8.00. The third kappa shape index (κ3) is 1.52. The SMILES string of the molecule is O=C1OCc2c(C3CC3)cc(C3CC4CCC3C4)nc21. The molecule has 1 aromatic rings. The summed E-state index contributed by atoms with van der Waals surface area (Å²) in [6.07, 6.45) is 7.96. The molecule has 5 rings (SSSR count). The van der Waals surface area contributed by atoms with Crippen molar-refractivity contribution in [3.63, 3.8) is 0 Å². The van der Waals surface area contributed by atoms with Crippen molar-refractivity contribution < 1.29 is 9.53 Å². The van der Waals surface area contributed by atoms with Gasteiger partial charge in [-0.3, -0.25) is 0 Å². The van der Waals surface area contributed by atoms with Gasteiger partial charge in [0.25, 0.3) is 0 Å². The van der Waals surface area contributed by atoms with Crippen LogP contribution in [0.5, 0.6) is 0 Å². The first kappa shape index (κ1) is 11.3. The summed E-state index contributed by atoms with van der Waals surface area (Å²) in [6.45, 7) is 0.448. The number of esters is 1. The van der Waals surface area contributed by atoms with E-state index in [1.54, 1.807) is 0 Å². The molecule has 1 aliphatic heterocycles. The van der Waals surface area contributed by atoms with E-state index in [-0.39, 0.29) is 5.97 Å². The van der Waals surface area contributed by atoms with Gasteiger partial charge in [-0.15, -0.1) is 0 Å². The number of ether oxygens (including phenoxy) is 1. The molecule has 4 aliphatic rings. The van der Waals surface area contributed by atoms with E-state index in [0.29, 0.717) is 24.1 Å². The molecule has 3 aliphatic carbocycles. The third-order valence-electron chi connectivity index (χ3n) is 5.85. The van der Waals surface area contributed by atoms with Gasteiger partial charge in [-0.1, -0.05) is 6.42 Å². The van der Waals surface area contributed by atoms with E-state index in [4.69, 9.17) is 9.72 Å². The molecule has 3 heteroatoms. The van der Waals surface area contributed by atoms with Crippen molar-refractivity contribution in [2.45, 2.75) is 57.0 Å². The van der Waals surface area contributed by atoms with Crippen LogP contribution < -0.4 is 0 Å². The van der Waals surface area contributed by atoms with Crippen molar-refractivity contribution in [2.75, 3.05) is 0 Å². The second kappa shape index (κ2) is 3.84. The molecule has 3 saturated carbocycles. The molecule has 3 unspecified atom stereocenters. The van der Waals surface area contributed by atoms with Gasteiger partial charge in [-0.25, -0.2) is 9.78 Å². The van der Waals surface area contributed by atoms with Crippen molar-refractivity contribution in [3.8, 4) is 0 Å². The van der Waals surface area contributed by atoms with Crippen LogP contribution in [0.4, 0.5) is 0 Å². The highest BCUT2D eigenvalue weighted by molar-refractivity contribution is 5.91. The Morgan fingerprint density at radius 1 is 1.15 bits per heavy atom. The molecule has 3 fully saturated rings. The monoisotopic (exact) mass is 269 g/mol. The van der Waals surface area contributed by atoms with Crippen LogP contribution >= 0.6 is 0 Å². The minimum Gasteiger partial charge on any atom is -0.456 e. The third-order valence-corrected chi connectivity index (χ3v) is 5.85. The summed E-state index contributed by atoms with van der Waals surface area (Å²) in [7, 11) is 0. The van der Waals surface area contributed by atoms with Gasteiger partial charge >= 0.3 is 5.97 Å². The van der Waals surface area contributed by atoms with E-state index < -0.39 is 0 Å². The zero-order valence-corrected chi connectivity index (χ0v) is 11.6. The van der Waals surface area contributed by atoms with Crippen LogP contribution in [0.2, 0.25) is 0 Å². The molecular formula is C17H19NO2. The molecule has 0 aromatic carbocycles. The summed E-state index contributed by atoms with van der Waals surface area (Å²) >= 11 is 0. The summed E-state index contributed by atoms with van der Waals surface area (Å²) in [5, 5.41) is 0. The number of pyridine rings is 1. The molecule has 3 nitrogen and oxygen atoms in total. The van der Waals surface area contributed by atoms with E-state index in [2.05, 4.69) is 6.07 Å². The van der Waals surface area contributed by atoms with Crippen molar-refractivity contribution in [2.24, 2.45) is 11.8 Å². The van der Waals surface area contributed by atoms with Gasteiger partial charge in [0.05, 0.1) is 0 Å². The Balaban J connectivity index is 1.61. The second-order valence-corrected chi connectivity index (χ2v) is 7.10. The van der Waals surface area contributed by atoms with E-state index in [1.165, 1.54) is 49.8 Å². The molecule has 0 amide bonds. The average molecular weight is 269 g/mol. The standard InChI is InChI=1S/C17H19NO2/c19-17-16-14(8-20-17)12(10-3-4-10)7-15(18-16)13-6-9-1-2-11(13)5-9/h7,9-11,13H,1-6,8H2. The number of cyclic esters (lactones) is 1. The van der Waals surface area contributed by atoms with Crippen LogP contribution in [0.1, 0.15) is 77.7 Å². The van der Waals surface area contributed by atoms with Gasteiger partial charge in [0.15, 0.2) is 5.69 Å². The highest BCUT2D eigenvalue weighted by Gasteiger charge is 2.42. The fraction of sp³-hybridized carbons (Fsp3) is 0.647. The Morgan fingerprint density at radius 3 is 2.75 bits per heavy atom. The van der Waals surface area contributed by atoms with E-state index in [9.17, 15) is 4.79 Å². The molecule has 2 heterocycles. The lowest BCUT2D eigenvalue weighted by atomic mass is 9.85. The van der Waals surface area contributed by atoms with Gasteiger partial charge < -0.3 is 4.74 Å². The Labute approximate surface area is 118 Å². The van der Waals surface area contributed by atoms with Crippen molar-refractivity contribution in [1.82, 2.24) is 4.98 Å². The number of carbonyl (C=O) groups excluding carboxylic acids is 1. The number of hydrogen-bond acceptors (Lipinski definition) is 3. The van der Waals surface area contributed by atoms with Crippen molar-refractivity contribution >= 4 is 5.97 Å². The fourth-order valence-electron chi connectivity index (χ4n) is 4.69. The first-order valence-electron chi connectivity index (χ1n) is 8.00. The van der Waals surface area contributed by atoms with Gasteiger partial charge in [-0.05, 0) is 61.5 Å². The number of fused-ring (bicyclic) bond motifs is 3. The maximum Gasteiger partial charge on any atom is 0.357 e. The number of hydrogen-bond donors (Lipinski definition) is 0. The highest BCUT2D eigenvalue weighted by atomic mass is 16.5. The Morgan fingerprint density at radius 2 is 2.05 bits per heavy atom. The number of rotatable bonds is 2. The summed E-state index contributed by atoms with van der Waals surface area (Å²) in [5.41, 5.74) is 4.28. The number of carbonyl (C=O) groups is 1. The fourth-order valence-corrected chi connectivity index (χ4v) is 4.69. The van der Waals surface area contributed by atoms with E-state index in [1.807, 2.05) is 0 Å². The van der Waals surface area contributed by atoms with Crippen LogP contribution in [0.25, 0.3) is 0 Å². The van der Waals surface area contributed by atoms with Crippen LogP contribution in [-0.4, -0.2) is 11.0 Å². The largest absolute Gasteiger partial charge is 0.456 e. The van der Waals surface area contributed by atoms with Gasteiger partial charge in [0.1, 0.15) is 6.61 Å². The van der Waals surface area contributed by atoms with Crippen LogP contribution in [-0.2, 0) is 11.3 Å². The topological polar surface area (TPSA) is 39.2 Å². The summed E-state index contributed by atoms with van der Waals surface area (Å²) in [5.74, 6) is 2.79. The molecule has 0 radical (unpaired) electrons. The number of nitrogens with zero attached hydrogens (tertiary/aromatic N) is 1. The predicted octanol–water partition coefficient (Wildman–Crippen LogP) is 3.53. The normalized spacial score (nSPS) is 34.4. The molecule has 0 spiro atoms. The van der Waals surface area contributed by atoms with Crippen molar-refractivity contribution in [1.29, 1.82) is 0 Å². The van der Waals surface area contributed by atoms with Gasteiger partial charge in [0.2, 0.25) is 0 Å². The molecule has 0 N–H and O–H groups in total. The zero-order chi connectivity index (χ0) is 13.3. The lowest BCUT2D eigenvalue weighted by molar-refractivity contribution is 0.0530. The Bertz CT molecular complexity index is 605. The molecule has 1 aromatic heterocycles. The maximum atomic E-state index is 11.9. The highest BCUT2D eigenvalue weighted by Crippen LogP contribution is 2.53. The minimum absolute atomic E-state index is 0.202. The molecule has 0 saturated heterocycles. The summed E-state index contributed by atoms with van der Waals surface area (Å²) in [6, 6.07) is 2.32. The smallest absolute Gasteiger partial charge is 0.357 e. The average Bonchev–Trinajstić information content (AvgIpc) is 2.91. The van der Waals surface area contributed by atoms with Crippen LogP contribution in [0, 0.1) is 11.8 Å². The molecule has 104 valence electrons. The number of aromatic nitrogens is 1. The summed E-state index contributed by atoms with van der Waals surface area (Å²) in [4.78, 5) is 16.6. The second-order valence-electron chi connectivity index (χ2n) is 7.10. The Hall–Kier alpha value is -1.38.